The number of amides is 1. The second-order valence-electron chi connectivity index (χ2n) is 5.96. The molecule has 3 aromatic rings. The molecule has 6 heteroatoms. The molecule has 0 aliphatic rings. The van der Waals surface area contributed by atoms with Crippen LogP contribution in [0.1, 0.15) is 18.9 Å². The zero-order valence-corrected chi connectivity index (χ0v) is 16.8. The van der Waals surface area contributed by atoms with E-state index in [4.69, 9.17) is 23.2 Å². The summed E-state index contributed by atoms with van der Waals surface area (Å²) in [5.41, 5.74) is 2.68. The molecule has 0 saturated carbocycles. The highest BCUT2D eigenvalue weighted by Crippen LogP contribution is 2.29. The van der Waals surface area contributed by atoms with Crippen molar-refractivity contribution < 1.29 is 4.79 Å². The van der Waals surface area contributed by atoms with Crippen LogP contribution in [0.15, 0.2) is 53.6 Å². The lowest BCUT2D eigenvalue weighted by Gasteiger charge is -2.15. The Hall–Kier alpha value is -1.75. The molecule has 1 unspecified atom stereocenters. The number of carbonyl (C=O) groups is 1. The largest absolute Gasteiger partial charge is 0.325 e. The quantitative estimate of drug-likeness (QED) is 0.502. The summed E-state index contributed by atoms with van der Waals surface area (Å²) in [6.45, 7) is 4.04. The van der Waals surface area contributed by atoms with Crippen LogP contribution in [0.2, 0.25) is 10.0 Å². The molecule has 26 heavy (non-hydrogen) atoms. The predicted octanol–water partition coefficient (Wildman–Crippen LogP) is 6.36. The van der Waals surface area contributed by atoms with Crippen LogP contribution in [-0.2, 0) is 4.79 Å². The van der Waals surface area contributed by atoms with Gasteiger partial charge in [0.2, 0.25) is 5.91 Å². The van der Waals surface area contributed by atoms with Crippen LogP contribution in [0.3, 0.4) is 0 Å². The average Bonchev–Trinajstić information content (AvgIpc) is 2.58. The number of aryl methyl sites for hydroxylation is 1. The number of rotatable bonds is 5. The SMILES string of the molecule is CCC(Sc1cc(C)c2ccccc2n1)C(=O)Nc1cc(Cl)cc(Cl)c1. The number of nitrogens with one attached hydrogen (secondary N) is 1. The van der Waals surface area contributed by atoms with Gasteiger partial charge >= 0.3 is 0 Å². The van der Waals surface area contributed by atoms with E-state index in [1.165, 1.54) is 11.8 Å². The molecule has 1 amide bonds. The number of fused-ring (bicyclic) bond motifs is 1. The van der Waals surface area contributed by atoms with Crippen LogP contribution in [-0.4, -0.2) is 16.1 Å². The topological polar surface area (TPSA) is 42.0 Å². The maximum atomic E-state index is 12.7. The second-order valence-corrected chi connectivity index (χ2v) is 8.05. The van der Waals surface area contributed by atoms with Gasteiger partial charge in [0.1, 0.15) is 0 Å². The first-order valence-electron chi connectivity index (χ1n) is 8.26. The van der Waals surface area contributed by atoms with Crippen molar-refractivity contribution in [3.05, 3.63) is 64.1 Å². The Bertz CT molecular complexity index is 941. The number of hydrogen-bond donors (Lipinski definition) is 1. The Balaban J connectivity index is 1.79. The standard InChI is InChI=1S/C20H18Cl2N2OS/c1-3-18(20(25)23-15-10-13(21)9-14(22)11-15)26-19-8-12(2)16-6-4-5-7-17(16)24-19/h4-11,18H,3H2,1-2H3,(H,23,25). The molecule has 0 fully saturated rings. The lowest BCUT2D eigenvalue weighted by molar-refractivity contribution is -0.115. The van der Waals surface area contributed by atoms with Crippen LogP contribution in [0.5, 0.6) is 0 Å². The molecule has 1 heterocycles. The number of pyridine rings is 1. The molecule has 1 aromatic heterocycles. The van der Waals surface area contributed by atoms with E-state index < -0.39 is 0 Å². The van der Waals surface area contributed by atoms with E-state index in [-0.39, 0.29) is 11.2 Å². The summed E-state index contributed by atoms with van der Waals surface area (Å²) in [5, 5.41) is 5.57. The molecule has 0 radical (unpaired) electrons. The zero-order valence-electron chi connectivity index (χ0n) is 14.4. The van der Waals surface area contributed by atoms with Gasteiger partial charge in [-0.3, -0.25) is 4.79 Å². The third-order valence-electron chi connectivity index (χ3n) is 3.96. The molecule has 2 aromatic carbocycles. The van der Waals surface area contributed by atoms with E-state index >= 15 is 0 Å². The summed E-state index contributed by atoms with van der Waals surface area (Å²) in [5.74, 6) is -0.0940. The van der Waals surface area contributed by atoms with Crippen LogP contribution >= 0.6 is 35.0 Å². The minimum Gasteiger partial charge on any atom is -0.325 e. The molecular weight excluding hydrogens is 387 g/mol. The average molecular weight is 405 g/mol. The van der Waals surface area contributed by atoms with Crippen molar-refractivity contribution >= 4 is 57.5 Å². The van der Waals surface area contributed by atoms with E-state index in [2.05, 4.69) is 23.3 Å². The Morgan fingerprint density at radius 3 is 2.54 bits per heavy atom. The first kappa shape index (κ1) is 19.0. The second kappa shape index (κ2) is 8.30. The molecule has 3 nitrogen and oxygen atoms in total. The minimum absolute atomic E-state index is 0.0940. The van der Waals surface area contributed by atoms with Crippen molar-refractivity contribution in [1.82, 2.24) is 4.98 Å². The predicted molar refractivity (Wildman–Crippen MR) is 112 cm³/mol. The van der Waals surface area contributed by atoms with Crippen molar-refractivity contribution in [3.63, 3.8) is 0 Å². The van der Waals surface area contributed by atoms with Crippen LogP contribution in [0.25, 0.3) is 10.9 Å². The maximum absolute atomic E-state index is 12.7. The monoisotopic (exact) mass is 404 g/mol. The number of anilines is 1. The van der Waals surface area contributed by atoms with Gasteiger partial charge in [-0.25, -0.2) is 4.98 Å². The van der Waals surface area contributed by atoms with E-state index in [0.29, 0.717) is 22.2 Å². The van der Waals surface area contributed by atoms with Gasteiger partial charge in [-0.2, -0.15) is 0 Å². The first-order chi connectivity index (χ1) is 12.5. The number of nitrogens with zero attached hydrogens (tertiary/aromatic N) is 1. The summed E-state index contributed by atoms with van der Waals surface area (Å²) in [4.78, 5) is 17.4. The fourth-order valence-corrected chi connectivity index (χ4v) is 4.24. The third-order valence-corrected chi connectivity index (χ3v) is 5.67. The maximum Gasteiger partial charge on any atom is 0.237 e. The number of hydrogen-bond acceptors (Lipinski definition) is 3. The summed E-state index contributed by atoms with van der Waals surface area (Å²) >= 11 is 13.5. The molecule has 0 spiro atoms. The number of para-hydroxylation sites is 1. The molecule has 1 N–H and O–H groups in total. The van der Waals surface area contributed by atoms with E-state index in [0.717, 1.165) is 21.5 Å². The molecule has 1 atom stereocenters. The molecule has 3 rings (SSSR count). The van der Waals surface area contributed by atoms with Gasteiger partial charge in [-0.05, 0) is 49.2 Å². The zero-order chi connectivity index (χ0) is 18.7. The van der Waals surface area contributed by atoms with Crippen molar-refractivity contribution in [2.24, 2.45) is 0 Å². The van der Waals surface area contributed by atoms with E-state index in [1.807, 2.05) is 31.2 Å². The molecule has 0 bridgehead atoms. The molecule has 134 valence electrons. The molecule has 0 saturated heterocycles. The fourth-order valence-electron chi connectivity index (χ4n) is 2.70. The number of thioether (sulfide) groups is 1. The number of halogens is 2. The summed E-state index contributed by atoms with van der Waals surface area (Å²) in [7, 11) is 0. The highest BCUT2D eigenvalue weighted by molar-refractivity contribution is 8.00. The van der Waals surface area contributed by atoms with Gasteiger partial charge < -0.3 is 5.32 Å². The van der Waals surface area contributed by atoms with Crippen LogP contribution in [0, 0.1) is 6.92 Å². The lowest BCUT2D eigenvalue weighted by atomic mass is 10.1. The van der Waals surface area contributed by atoms with Crippen LogP contribution < -0.4 is 5.32 Å². The van der Waals surface area contributed by atoms with Gasteiger partial charge in [-0.15, -0.1) is 0 Å². The van der Waals surface area contributed by atoms with Gasteiger partial charge in [0.15, 0.2) is 0 Å². The Morgan fingerprint density at radius 1 is 1.15 bits per heavy atom. The smallest absolute Gasteiger partial charge is 0.237 e. The third kappa shape index (κ3) is 4.50. The van der Waals surface area contributed by atoms with Gasteiger partial charge in [0, 0.05) is 21.1 Å². The van der Waals surface area contributed by atoms with Gasteiger partial charge in [-0.1, -0.05) is 60.1 Å². The van der Waals surface area contributed by atoms with Crippen molar-refractivity contribution in [1.29, 1.82) is 0 Å². The van der Waals surface area contributed by atoms with Crippen molar-refractivity contribution in [2.45, 2.75) is 30.5 Å². The number of aromatic nitrogens is 1. The Labute approximate surface area is 167 Å². The number of benzene rings is 2. The Kier molecular flexibility index (Phi) is 6.07. The summed E-state index contributed by atoms with van der Waals surface area (Å²) in [6, 6.07) is 15.0. The highest BCUT2D eigenvalue weighted by Gasteiger charge is 2.19. The van der Waals surface area contributed by atoms with Gasteiger partial charge in [0.25, 0.3) is 0 Å². The lowest BCUT2D eigenvalue weighted by Crippen LogP contribution is -2.24. The number of carbonyl (C=O) groups excluding carboxylic acids is 1. The van der Waals surface area contributed by atoms with Gasteiger partial charge in [0.05, 0.1) is 15.8 Å². The fraction of sp³-hybridized carbons (Fsp3) is 0.200. The minimum atomic E-state index is -0.263. The normalized spacial score (nSPS) is 12.2. The molecule has 0 aliphatic heterocycles. The first-order valence-corrected chi connectivity index (χ1v) is 9.90. The Morgan fingerprint density at radius 2 is 1.85 bits per heavy atom. The molecular formula is C20H18Cl2N2OS. The van der Waals surface area contributed by atoms with E-state index in [9.17, 15) is 4.79 Å². The van der Waals surface area contributed by atoms with E-state index in [1.54, 1.807) is 18.2 Å². The summed E-state index contributed by atoms with van der Waals surface area (Å²) in [6.07, 6.45) is 0.679. The molecule has 0 aliphatic carbocycles. The highest BCUT2D eigenvalue weighted by atomic mass is 35.5. The van der Waals surface area contributed by atoms with Crippen molar-refractivity contribution in [2.75, 3.05) is 5.32 Å². The van der Waals surface area contributed by atoms with Crippen molar-refractivity contribution in [3.8, 4) is 0 Å². The van der Waals surface area contributed by atoms with Crippen LogP contribution in [0.4, 0.5) is 5.69 Å². The summed E-state index contributed by atoms with van der Waals surface area (Å²) < 4.78 is 0.